The predicted molar refractivity (Wildman–Crippen MR) is 66.1 cm³/mol. The minimum absolute atomic E-state index is 0.187. The van der Waals surface area contributed by atoms with E-state index in [1.165, 1.54) is 0 Å². The Balaban J connectivity index is 1.56. The number of imidazole rings is 1. The van der Waals surface area contributed by atoms with E-state index in [1.54, 1.807) is 6.20 Å². The lowest BCUT2D eigenvalue weighted by Gasteiger charge is -2.25. The Morgan fingerprint density at radius 2 is 2.11 bits per heavy atom. The highest BCUT2D eigenvalue weighted by atomic mass is 16.6. The third-order valence-corrected chi connectivity index (χ3v) is 3.68. The topological polar surface area (TPSA) is 58.2 Å². The van der Waals surface area contributed by atoms with Gasteiger partial charge in [0.2, 0.25) is 0 Å². The molecule has 1 aliphatic heterocycles. The molecule has 1 N–H and O–H groups in total. The largest absolute Gasteiger partial charge is 0.444 e. The van der Waals surface area contributed by atoms with E-state index in [2.05, 4.69) is 9.97 Å². The van der Waals surface area contributed by atoms with Crippen LogP contribution in [0.3, 0.4) is 0 Å². The Hall–Kier alpha value is -1.52. The first-order valence-electron chi connectivity index (χ1n) is 6.43. The number of ether oxygens (including phenoxy) is 1. The molecule has 0 radical (unpaired) electrons. The van der Waals surface area contributed by atoms with Crippen molar-refractivity contribution in [2.24, 2.45) is 11.8 Å². The Morgan fingerprint density at radius 3 is 2.61 bits per heavy atom. The van der Waals surface area contributed by atoms with E-state index in [-0.39, 0.29) is 6.09 Å². The van der Waals surface area contributed by atoms with Crippen molar-refractivity contribution in [2.45, 2.75) is 32.3 Å². The van der Waals surface area contributed by atoms with Gasteiger partial charge in [-0.1, -0.05) is 0 Å². The Morgan fingerprint density at radius 1 is 1.44 bits per heavy atom. The van der Waals surface area contributed by atoms with E-state index < -0.39 is 5.60 Å². The number of aromatic nitrogens is 2. The second-order valence-electron chi connectivity index (χ2n) is 6.21. The lowest BCUT2D eigenvalue weighted by molar-refractivity contribution is 0.0270. The van der Waals surface area contributed by atoms with Crippen LogP contribution in [0.5, 0.6) is 0 Å². The van der Waals surface area contributed by atoms with Crippen LogP contribution in [-0.4, -0.2) is 39.7 Å². The standard InChI is InChI=1S/C13H19N3O2/c1-13(2,3)18-12(17)16-6-8-9(7-16)10(8)11-14-4-5-15-11/h4-5,8-10H,6-7H2,1-3H3,(H,14,15). The van der Waals surface area contributed by atoms with Crippen molar-refractivity contribution < 1.29 is 9.53 Å². The van der Waals surface area contributed by atoms with Gasteiger partial charge in [0, 0.05) is 31.4 Å². The highest BCUT2D eigenvalue weighted by Crippen LogP contribution is 2.57. The highest BCUT2D eigenvalue weighted by Gasteiger charge is 2.58. The summed E-state index contributed by atoms with van der Waals surface area (Å²) in [5, 5.41) is 0. The fourth-order valence-corrected chi connectivity index (χ4v) is 2.87. The van der Waals surface area contributed by atoms with Crippen LogP contribution in [-0.2, 0) is 4.74 Å². The van der Waals surface area contributed by atoms with E-state index >= 15 is 0 Å². The SMILES string of the molecule is CC(C)(C)OC(=O)N1CC2C(C1)C2c1ncc[nH]1. The van der Waals surface area contributed by atoms with Gasteiger partial charge in [-0.25, -0.2) is 9.78 Å². The number of piperidine rings is 1. The van der Waals surface area contributed by atoms with Crippen molar-refractivity contribution in [3.05, 3.63) is 18.2 Å². The van der Waals surface area contributed by atoms with Gasteiger partial charge in [0.05, 0.1) is 0 Å². The maximum absolute atomic E-state index is 11.9. The number of nitrogens with one attached hydrogen (secondary N) is 1. The average molecular weight is 249 g/mol. The van der Waals surface area contributed by atoms with Crippen molar-refractivity contribution >= 4 is 6.09 Å². The van der Waals surface area contributed by atoms with Crippen molar-refractivity contribution in [3.63, 3.8) is 0 Å². The normalized spacial score (nSPS) is 30.2. The molecule has 2 heterocycles. The summed E-state index contributed by atoms with van der Waals surface area (Å²) in [6, 6.07) is 0. The summed E-state index contributed by atoms with van der Waals surface area (Å²) in [4.78, 5) is 21.2. The van der Waals surface area contributed by atoms with Gasteiger partial charge in [-0.2, -0.15) is 0 Å². The van der Waals surface area contributed by atoms with Crippen molar-refractivity contribution in [3.8, 4) is 0 Å². The number of aromatic amines is 1. The van der Waals surface area contributed by atoms with Crippen LogP contribution in [0.4, 0.5) is 4.79 Å². The number of hydrogen-bond acceptors (Lipinski definition) is 3. The molecular weight excluding hydrogens is 230 g/mol. The van der Waals surface area contributed by atoms with Crippen LogP contribution in [0.25, 0.3) is 0 Å². The first kappa shape index (κ1) is 11.6. The van der Waals surface area contributed by atoms with Crippen molar-refractivity contribution in [1.29, 1.82) is 0 Å². The van der Waals surface area contributed by atoms with Gasteiger partial charge >= 0.3 is 6.09 Å². The molecule has 1 saturated heterocycles. The zero-order valence-electron chi connectivity index (χ0n) is 11.0. The number of carbonyl (C=O) groups is 1. The number of rotatable bonds is 1. The summed E-state index contributed by atoms with van der Waals surface area (Å²) in [5.41, 5.74) is -0.412. The maximum Gasteiger partial charge on any atom is 0.410 e. The number of H-pyrrole nitrogens is 1. The molecule has 1 aliphatic carbocycles. The minimum Gasteiger partial charge on any atom is -0.444 e. The van der Waals surface area contributed by atoms with E-state index in [4.69, 9.17) is 4.74 Å². The quantitative estimate of drug-likeness (QED) is 0.828. The molecular formula is C13H19N3O2. The van der Waals surface area contributed by atoms with Crippen LogP contribution < -0.4 is 0 Å². The second-order valence-corrected chi connectivity index (χ2v) is 6.21. The summed E-state index contributed by atoms with van der Waals surface area (Å²) in [6.07, 6.45) is 3.46. The van der Waals surface area contributed by atoms with Gasteiger partial charge < -0.3 is 14.6 Å². The van der Waals surface area contributed by atoms with Gasteiger partial charge in [0.15, 0.2) is 0 Å². The van der Waals surface area contributed by atoms with Crippen LogP contribution in [0, 0.1) is 11.8 Å². The molecule has 2 fully saturated rings. The fourth-order valence-electron chi connectivity index (χ4n) is 2.87. The van der Waals surface area contributed by atoms with Gasteiger partial charge in [0.1, 0.15) is 11.4 Å². The number of amides is 1. The van der Waals surface area contributed by atoms with Gasteiger partial charge in [-0.15, -0.1) is 0 Å². The van der Waals surface area contributed by atoms with E-state index in [0.717, 1.165) is 18.9 Å². The predicted octanol–water partition coefficient (Wildman–Crippen LogP) is 1.99. The molecule has 0 spiro atoms. The molecule has 1 aromatic rings. The van der Waals surface area contributed by atoms with E-state index in [1.807, 2.05) is 31.9 Å². The number of likely N-dealkylation sites (tertiary alicyclic amines) is 1. The first-order valence-corrected chi connectivity index (χ1v) is 6.43. The molecule has 0 aromatic carbocycles. The summed E-state index contributed by atoms with van der Waals surface area (Å²) in [7, 11) is 0. The minimum atomic E-state index is -0.412. The molecule has 3 rings (SSSR count). The Labute approximate surface area is 107 Å². The summed E-state index contributed by atoms with van der Waals surface area (Å²) in [5.74, 6) is 2.69. The molecule has 18 heavy (non-hydrogen) atoms. The lowest BCUT2D eigenvalue weighted by Crippen LogP contribution is -2.36. The van der Waals surface area contributed by atoms with Crippen LogP contribution >= 0.6 is 0 Å². The third-order valence-electron chi connectivity index (χ3n) is 3.68. The molecule has 2 atom stereocenters. The van der Waals surface area contributed by atoms with Gasteiger partial charge in [0.25, 0.3) is 0 Å². The van der Waals surface area contributed by atoms with Gasteiger partial charge in [-0.3, -0.25) is 0 Å². The Kier molecular flexibility index (Phi) is 2.40. The molecule has 2 unspecified atom stereocenters. The summed E-state index contributed by atoms with van der Waals surface area (Å²) < 4.78 is 5.38. The molecule has 1 saturated carbocycles. The molecule has 5 heteroatoms. The van der Waals surface area contributed by atoms with Crippen molar-refractivity contribution in [2.75, 3.05) is 13.1 Å². The summed E-state index contributed by atoms with van der Waals surface area (Å²) >= 11 is 0. The third kappa shape index (κ3) is 1.98. The molecule has 2 aliphatic rings. The summed E-state index contributed by atoms with van der Waals surface area (Å²) in [6.45, 7) is 7.28. The number of carbonyl (C=O) groups excluding carboxylic acids is 1. The monoisotopic (exact) mass is 249 g/mol. The zero-order chi connectivity index (χ0) is 12.9. The number of hydrogen-bond donors (Lipinski definition) is 1. The van der Waals surface area contributed by atoms with Crippen LogP contribution in [0.2, 0.25) is 0 Å². The van der Waals surface area contributed by atoms with E-state index in [9.17, 15) is 4.79 Å². The van der Waals surface area contributed by atoms with Gasteiger partial charge in [-0.05, 0) is 32.6 Å². The van der Waals surface area contributed by atoms with Crippen LogP contribution in [0.15, 0.2) is 12.4 Å². The number of fused-ring (bicyclic) bond motifs is 1. The Bertz CT molecular complexity index is 437. The zero-order valence-corrected chi connectivity index (χ0v) is 11.0. The maximum atomic E-state index is 11.9. The number of nitrogens with zero attached hydrogens (tertiary/aromatic N) is 2. The molecule has 98 valence electrons. The molecule has 0 bridgehead atoms. The molecule has 1 amide bonds. The van der Waals surface area contributed by atoms with Crippen molar-refractivity contribution in [1.82, 2.24) is 14.9 Å². The smallest absolute Gasteiger partial charge is 0.410 e. The highest BCUT2D eigenvalue weighted by molar-refractivity contribution is 5.69. The second kappa shape index (κ2) is 3.73. The van der Waals surface area contributed by atoms with Crippen LogP contribution in [0.1, 0.15) is 32.5 Å². The van der Waals surface area contributed by atoms with E-state index in [0.29, 0.717) is 17.8 Å². The molecule has 5 nitrogen and oxygen atoms in total. The lowest BCUT2D eigenvalue weighted by atomic mass is 10.2. The molecule has 1 aromatic heterocycles. The average Bonchev–Trinajstić information content (AvgIpc) is 2.76. The first-order chi connectivity index (χ1) is 8.46. The fraction of sp³-hybridized carbons (Fsp3) is 0.692.